The summed E-state index contributed by atoms with van der Waals surface area (Å²) >= 11 is 5.22. The van der Waals surface area contributed by atoms with Gasteiger partial charge in [-0.2, -0.15) is 0 Å². The van der Waals surface area contributed by atoms with Gasteiger partial charge in [0.25, 0.3) is 0 Å². The second-order valence-corrected chi connectivity index (χ2v) is 11.8. The average Bonchev–Trinajstić information content (AvgIpc) is 2.93. The number of ether oxygens (including phenoxy) is 1. The van der Waals surface area contributed by atoms with Crippen LogP contribution >= 0.6 is 12.2 Å². The van der Waals surface area contributed by atoms with Crippen molar-refractivity contribution in [2.24, 2.45) is 5.41 Å². The average molecular weight is 585 g/mol. The van der Waals surface area contributed by atoms with Crippen molar-refractivity contribution in [3.8, 4) is 5.75 Å². The van der Waals surface area contributed by atoms with Crippen LogP contribution in [0, 0.1) is 18.2 Å². The highest BCUT2D eigenvalue weighted by Crippen LogP contribution is 2.39. The van der Waals surface area contributed by atoms with Gasteiger partial charge in [-0.1, -0.05) is 103 Å². The quantitative estimate of drug-likeness (QED) is 0.154. The third-order valence-electron chi connectivity index (χ3n) is 7.45. The van der Waals surface area contributed by atoms with Gasteiger partial charge in [0.2, 0.25) is 0 Å². The molecule has 0 aliphatic rings. The lowest BCUT2D eigenvalue weighted by Crippen LogP contribution is -2.21. The topological polar surface area (TPSA) is 26.3 Å². The Hall–Kier alpha value is -2.33. The van der Waals surface area contributed by atoms with Crippen molar-refractivity contribution >= 4 is 28.9 Å². The van der Waals surface area contributed by atoms with Crippen molar-refractivity contribution < 1.29 is 13.9 Å². The van der Waals surface area contributed by atoms with Crippen LogP contribution in [0.1, 0.15) is 129 Å². The number of hydrogen-bond donors (Lipinski definition) is 0. The van der Waals surface area contributed by atoms with Gasteiger partial charge in [0.1, 0.15) is 0 Å². The summed E-state index contributed by atoms with van der Waals surface area (Å²) in [5, 5.41) is 0. The number of rotatable bonds is 15. The summed E-state index contributed by atoms with van der Waals surface area (Å²) in [7, 11) is 1.48. The first-order valence-corrected chi connectivity index (χ1v) is 16.0. The Balaban J connectivity index is 0.000000588. The zero-order chi connectivity index (χ0) is 31.3. The number of carbonyl (C=O) groups is 1. The van der Waals surface area contributed by atoms with Crippen molar-refractivity contribution in [2.45, 2.75) is 126 Å². The number of Topliss-reactive ketones (excluding diaryl/α,β-unsaturated/α-hetero) is 1. The number of methoxy groups -OCH3 is 1. The Morgan fingerprint density at radius 1 is 0.902 bits per heavy atom. The number of aryl methyl sites for hydroxylation is 2. The van der Waals surface area contributed by atoms with Gasteiger partial charge in [-0.05, 0) is 116 Å². The summed E-state index contributed by atoms with van der Waals surface area (Å²) in [6.07, 6.45) is 15.4. The lowest BCUT2D eigenvalue weighted by atomic mass is 9.72. The fourth-order valence-corrected chi connectivity index (χ4v) is 5.42. The van der Waals surface area contributed by atoms with E-state index in [2.05, 4.69) is 47.6 Å². The van der Waals surface area contributed by atoms with Gasteiger partial charge < -0.3 is 4.74 Å². The maximum Gasteiger partial charge on any atom is 0.165 e. The fourth-order valence-electron chi connectivity index (χ4n) is 5.32. The first kappa shape index (κ1) is 38.7. The van der Waals surface area contributed by atoms with Crippen LogP contribution in [-0.4, -0.2) is 17.8 Å². The van der Waals surface area contributed by atoms with Crippen LogP contribution in [0.15, 0.2) is 48.0 Å². The summed E-state index contributed by atoms with van der Waals surface area (Å²) in [5.74, 6) is 0.203. The standard InChI is InChI=1S/C14H28S.C13H16O.C10H13FO/c1-5-9-14(10-6-2,11-7-3)12-8-13(4)15;1-4-12(11(3)14)9-13-8-6-5-7-10(13)2;1-3-4-8-5-6-9(11)10(7-8)12-2/h5-12H2,1-4H3;5-9H,4H2,1-3H3;5-7H,3-4H2,1-2H3/b;12-9+;. The fraction of sp³-hybridized carbons (Fsp3) is 0.568. The van der Waals surface area contributed by atoms with Gasteiger partial charge >= 0.3 is 0 Å². The first-order chi connectivity index (χ1) is 19.5. The maximum absolute atomic E-state index is 12.9. The normalized spacial score (nSPS) is 11.1. The van der Waals surface area contributed by atoms with E-state index in [-0.39, 0.29) is 11.6 Å². The molecule has 0 saturated carbocycles. The van der Waals surface area contributed by atoms with Crippen LogP contribution in [0.4, 0.5) is 4.39 Å². The van der Waals surface area contributed by atoms with Crippen molar-refractivity contribution in [2.75, 3.05) is 7.11 Å². The largest absolute Gasteiger partial charge is 0.494 e. The number of ketones is 1. The van der Waals surface area contributed by atoms with E-state index in [1.54, 1.807) is 19.1 Å². The van der Waals surface area contributed by atoms with Crippen LogP contribution in [0.3, 0.4) is 0 Å². The molecule has 2 rings (SSSR count). The second-order valence-electron chi connectivity index (χ2n) is 11.1. The molecule has 2 aromatic carbocycles. The highest BCUT2D eigenvalue weighted by molar-refractivity contribution is 7.80. The second kappa shape index (κ2) is 22.3. The van der Waals surface area contributed by atoms with E-state index in [9.17, 15) is 9.18 Å². The number of benzene rings is 2. The Bertz CT molecular complexity index is 1040. The third kappa shape index (κ3) is 16.0. The van der Waals surface area contributed by atoms with Gasteiger partial charge in [-0.3, -0.25) is 4.79 Å². The van der Waals surface area contributed by atoms with Gasteiger partial charge in [0.05, 0.1) is 7.11 Å². The summed E-state index contributed by atoms with van der Waals surface area (Å²) in [4.78, 5) is 12.4. The summed E-state index contributed by atoms with van der Waals surface area (Å²) in [5.41, 5.74) is 4.95. The van der Waals surface area contributed by atoms with E-state index in [0.717, 1.165) is 42.4 Å². The number of halogens is 1. The zero-order valence-electron chi connectivity index (χ0n) is 27.5. The molecule has 2 nitrogen and oxygen atoms in total. The van der Waals surface area contributed by atoms with Crippen LogP contribution in [-0.2, 0) is 11.2 Å². The molecular weight excluding hydrogens is 527 g/mol. The molecule has 0 N–H and O–H groups in total. The zero-order valence-corrected chi connectivity index (χ0v) is 28.3. The summed E-state index contributed by atoms with van der Waals surface area (Å²) in [6.45, 7) is 16.8. The molecule has 2 aromatic rings. The molecule has 0 fully saturated rings. The lowest BCUT2D eigenvalue weighted by Gasteiger charge is -2.33. The van der Waals surface area contributed by atoms with Gasteiger partial charge in [-0.15, -0.1) is 0 Å². The lowest BCUT2D eigenvalue weighted by molar-refractivity contribution is -0.113. The van der Waals surface area contributed by atoms with Crippen LogP contribution in [0.2, 0.25) is 0 Å². The molecule has 230 valence electrons. The molecular formula is C37H57FO2S. The smallest absolute Gasteiger partial charge is 0.165 e. The first-order valence-electron chi connectivity index (χ1n) is 15.6. The van der Waals surface area contributed by atoms with Gasteiger partial charge in [-0.25, -0.2) is 4.39 Å². The van der Waals surface area contributed by atoms with Gasteiger partial charge in [0, 0.05) is 0 Å². The molecule has 0 aliphatic heterocycles. The predicted octanol–water partition coefficient (Wildman–Crippen LogP) is 11.7. The monoisotopic (exact) mass is 584 g/mol. The van der Waals surface area contributed by atoms with Crippen molar-refractivity contribution in [3.63, 3.8) is 0 Å². The SMILES string of the molecule is CC/C(=C\c1ccccc1C)C(C)=O.CCCC(CCC)(CCC)CCC(C)=S.CCCc1ccc(F)c(OC)c1. The molecule has 0 radical (unpaired) electrons. The highest BCUT2D eigenvalue weighted by Gasteiger charge is 2.26. The molecule has 0 aliphatic carbocycles. The minimum absolute atomic E-state index is 0.163. The third-order valence-corrected chi connectivity index (χ3v) is 7.66. The number of thiocarbonyl (C=S) groups is 1. The summed E-state index contributed by atoms with van der Waals surface area (Å²) in [6, 6.07) is 13.1. The van der Waals surface area contributed by atoms with E-state index >= 15 is 0 Å². The van der Waals surface area contributed by atoms with Crippen LogP contribution in [0.25, 0.3) is 6.08 Å². The number of carbonyl (C=O) groups excluding carboxylic acids is 1. The molecule has 0 spiro atoms. The highest BCUT2D eigenvalue weighted by atomic mass is 32.1. The molecule has 0 bridgehead atoms. The van der Waals surface area contributed by atoms with Crippen molar-refractivity contribution in [1.82, 2.24) is 0 Å². The van der Waals surface area contributed by atoms with Crippen molar-refractivity contribution in [1.29, 1.82) is 0 Å². The Morgan fingerprint density at radius 2 is 1.49 bits per heavy atom. The minimum atomic E-state index is -0.294. The molecule has 0 heterocycles. The minimum Gasteiger partial charge on any atom is -0.494 e. The van der Waals surface area contributed by atoms with Gasteiger partial charge in [0.15, 0.2) is 17.3 Å². The molecule has 4 heteroatoms. The van der Waals surface area contributed by atoms with E-state index in [4.69, 9.17) is 17.0 Å². The summed E-state index contributed by atoms with van der Waals surface area (Å²) < 4.78 is 17.7. The number of hydrogen-bond acceptors (Lipinski definition) is 3. The Morgan fingerprint density at radius 3 is 1.93 bits per heavy atom. The number of allylic oxidation sites excluding steroid dienone is 1. The molecule has 0 atom stereocenters. The molecule has 41 heavy (non-hydrogen) atoms. The molecule has 0 aromatic heterocycles. The Labute approximate surface area is 257 Å². The molecule has 0 unspecified atom stereocenters. The van der Waals surface area contributed by atoms with Crippen LogP contribution in [0.5, 0.6) is 5.75 Å². The van der Waals surface area contributed by atoms with E-state index < -0.39 is 0 Å². The Kier molecular flexibility index (Phi) is 21.0. The maximum atomic E-state index is 12.9. The van der Waals surface area contributed by atoms with Crippen LogP contribution < -0.4 is 4.74 Å². The predicted molar refractivity (Wildman–Crippen MR) is 182 cm³/mol. The molecule has 0 amide bonds. The molecule has 0 saturated heterocycles. The van der Waals surface area contributed by atoms with E-state index in [1.807, 2.05) is 31.2 Å². The van der Waals surface area contributed by atoms with Crippen molar-refractivity contribution in [3.05, 3.63) is 70.5 Å². The van der Waals surface area contributed by atoms with E-state index in [1.165, 1.54) is 68.5 Å². The van der Waals surface area contributed by atoms with E-state index in [0.29, 0.717) is 11.2 Å².